The third kappa shape index (κ3) is 4.94. The minimum absolute atomic E-state index is 0.102. The molecule has 0 radical (unpaired) electrons. The highest BCUT2D eigenvalue weighted by Gasteiger charge is 2.29. The van der Waals surface area contributed by atoms with Crippen LogP contribution in [0.5, 0.6) is 0 Å². The van der Waals surface area contributed by atoms with Crippen molar-refractivity contribution in [2.75, 3.05) is 11.4 Å². The molecule has 2 aromatic carbocycles. The fourth-order valence-electron chi connectivity index (χ4n) is 5.15. The Bertz CT molecular complexity index is 1040. The van der Waals surface area contributed by atoms with Gasteiger partial charge >= 0.3 is 0 Å². The lowest BCUT2D eigenvalue weighted by atomic mass is 9.97. The van der Waals surface area contributed by atoms with E-state index in [0.29, 0.717) is 29.9 Å². The summed E-state index contributed by atoms with van der Waals surface area (Å²) in [5.41, 5.74) is 3.12. The molecule has 2 aliphatic heterocycles. The van der Waals surface area contributed by atoms with Crippen LogP contribution >= 0.6 is 11.9 Å². The van der Waals surface area contributed by atoms with Gasteiger partial charge in [-0.2, -0.15) is 0 Å². The van der Waals surface area contributed by atoms with Crippen LogP contribution in [0, 0.1) is 5.82 Å². The molecule has 174 valence electrons. The van der Waals surface area contributed by atoms with Crippen LogP contribution < -0.4 is 4.90 Å². The summed E-state index contributed by atoms with van der Waals surface area (Å²) in [7, 11) is 0. The van der Waals surface area contributed by atoms with Gasteiger partial charge in [-0.3, -0.25) is 0 Å². The summed E-state index contributed by atoms with van der Waals surface area (Å²) < 4.78 is 19.7. The van der Waals surface area contributed by atoms with Crippen molar-refractivity contribution in [3.05, 3.63) is 78.1 Å². The van der Waals surface area contributed by atoms with E-state index in [0.717, 1.165) is 43.5 Å². The fourth-order valence-corrected chi connectivity index (χ4v) is 6.53. The van der Waals surface area contributed by atoms with Gasteiger partial charge in [0.2, 0.25) is 0 Å². The molecule has 5 nitrogen and oxygen atoms in total. The number of aromatic nitrogens is 3. The molecule has 0 aliphatic carbocycles. The van der Waals surface area contributed by atoms with E-state index < -0.39 is 0 Å². The molecular formula is C26H32FN5S. The van der Waals surface area contributed by atoms with Gasteiger partial charge < -0.3 is 9.47 Å². The lowest BCUT2D eigenvalue weighted by Gasteiger charge is -2.40. The smallest absolute Gasteiger partial charge is 0.129 e. The summed E-state index contributed by atoms with van der Waals surface area (Å²) in [5, 5.41) is 8.32. The number of anilines is 1. The van der Waals surface area contributed by atoms with Crippen LogP contribution in [-0.2, 0) is 6.54 Å². The Morgan fingerprint density at radius 2 is 1.76 bits per heavy atom. The molecule has 0 N–H and O–H groups in total. The number of rotatable bonds is 5. The van der Waals surface area contributed by atoms with Gasteiger partial charge in [0.05, 0.1) is 0 Å². The van der Waals surface area contributed by atoms with E-state index >= 15 is 4.39 Å². The Morgan fingerprint density at radius 3 is 2.48 bits per heavy atom. The Hall–Kier alpha value is -2.38. The van der Waals surface area contributed by atoms with Crippen LogP contribution in [0.3, 0.4) is 0 Å². The monoisotopic (exact) mass is 465 g/mol. The molecule has 2 aliphatic rings. The van der Waals surface area contributed by atoms with Crippen LogP contribution in [0.4, 0.5) is 10.1 Å². The van der Waals surface area contributed by atoms with Crippen molar-refractivity contribution in [3.63, 3.8) is 0 Å². The van der Waals surface area contributed by atoms with Crippen molar-refractivity contribution in [2.45, 2.75) is 69.5 Å². The average molecular weight is 466 g/mol. The van der Waals surface area contributed by atoms with Gasteiger partial charge in [-0.1, -0.05) is 48.3 Å². The zero-order valence-electron chi connectivity index (χ0n) is 19.3. The van der Waals surface area contributed by atoms with Gasteiger partial charge in [-0.05, 0) is 57.2 Å². The van der Waals surface area contributed by atoms with E-state index in [1.165, 1.54) is 5.56 Å². The predicted octanol–water partition coefficient (Wildman–Crippen LogP) is 6.02. The summed E-state index contributed by atoms with van der Waals surface area (Å²) in [5.74, 6) is -0.102. The first-order chi connectivity index (χ1) is 16.1. The summed E-state index contributed by atoms with van der Waals surface area (Å²) in [6, 6.07) is 17.7. The zero-order chi connectivity index (χ0) is 22.8. The first kappa shape index (κ1) is 22.4. The van der Waals surface area contributed by atoms with E-state index in [1.54, 1.807) is 18.7 Å². The van der Waals surface area contributed by atoms with Gasteiger partial charge in [0.25, 0.3) is 0 Å². The highest BCUT2D eigenvalue weighted by atomic mass is 32.2. The number of hydrogen-bond acceptors (Lipinski definition) is 5. The Kier molecular flexibility index (Phi) is 6.69. The van der Waals surface area contributed by atoms with E-state index in [2.05, 4.69) is 74.2 Å². The second-order valence-corrected chi connectivity index (χ2v) is 10.7. The summed E-state index contributed by atoms with van der Waals surface area (Å²) in [4.78, 5) is 2.33. The standard InChI is InChI=1S/C26H32FN5S/c1-19-8-11-26(21-6-4-3-5-7-21)33-32(19)16-22-9-10-24(15-25(22)27)31-13-12-23(14-20(31)2)30-17-28-29-18-30/h3-7,9-10,15,17-20,23,26H,8,11-14,16H2,1-2H3. The molecule has 7 heteroatoms. The molecule has 1 aromatic heterocycles. The number of piperidine rings is 1. The molecule has 4 atom stereocenters. The van der Waals surface area contributed by atoms with Crippen molar-refractivity contribution < 1.29 is 4.39 Å². The normalized spacial score (nSPS) is 26.5. The first-order valence-corrected chi connectivity index (χ1v) is 12.8. The highest BCUT2D eigenvalue weighted by molar-refractivity contribution is 7.97. The Labute approximate surface area is 200 Å². The fraction of sp³-hybridized carbons (Fsp3) is 0.462. The van der Waals surface area contributed by atoms with Crippen molar-refractivity contribution in [2.24, 2.45) is 0 Å². The molecule has 3 aromatic rings. The molecule has 3 heterocycles. The Morgan fingerprint density at radius 1 is 0.970 bits per heavy atom. The van der Waals surface area contributed by atoms with Gasteiger partial charge in [-0.25, -0.2) is 8.70 Å². The SMILES string of the molecule is CC1CCC(c2ccccc2)SN1Cc1ccc(N2CCC(n3cnnc3)CC2C)cc1F. The molecule has 0 saturated carbocycles. The highest BCUT2D eigenvalue weighted by Crippen LogP contribution is 2.43. The summed E-state index contributed by atoms with van der Waals surface area (Å²) >= 11 is 1.87. The molecule has 2 fully saturated rings. The maximum atomic E-state index is 15.3. The van der Waals surface area contributed by atoms with E-state index in [4.69, 9.17) is 0 Å². The zero-order valence-corrected chi connectivity index (χ0v) is 20.2. The molecular weight excluding hydrogens is 433 g/mol. The minimum atomic E-state index is -0.102. The second kappa shape index (κ2) is 9.85. The number of benzene rings is 2. The quantitative estimate of drug-likeness (QED) is 0.431. The first-order valence-electron chi connectivity index (χ1n) is 12.0. The molecule has 0 amide bonds. The largest absolute Gasteiger partial charge is 0.369 e. The van der Waals surface area contributed by atoms with E-state index in [-0.39, 0.29) is 5.82 Å². The van der Waals surface area contributed by atoms with E-state index in [9.17, 15) is 0 Å². The number of hydrogen-bond donors (Lipinski definition) is 0. The molecule has 33 heavy (non-hydrogen) atoms. The molecule has 0 spiro atoms. The van der Waals surface area contributed by atoms with Crippen molar-refractivity contribution in [3.8, 4) is 0 Å². The van der Waals surface area contributed by atoms with Crippen LogP contribution in [0.1, 0.15) is 61.9 Å². The van der Waals surface area contributed by atoms with Crippen LogP contribution in [0.25, 0.3) is 0 Å². The topological polar surface area (TPSA) is 37.2 Å². The van der Waals surface area contributed by atoms with Gasteiger partial charge in [0, 0.05) is 47.7 Å². The van der Waals surface area contributed by atoms with Gasteiger partial charge in [0.1, 0.15) is 18.5 Å². The summed E-state index contributed by atoms with van der Waals surface area (Å²) in [6.45, 7) is 6.01. The number of nitrogens with zero attached hydrogens (tertiary/aromatic N) is 5. The lowest BCUT2D eigenvalue weighted by Crippen LogP contribution is -2.41. The van der Waals surface area contributed by atoms with Crippen LogP contribution in [0.2, 0.25) is 0 Å². The van der Waals surface area contributed by atoms with Gasteiger partial charge in [0.15, 0.2) is 0 Å². The maximum absolute atomic E-state index is 15.3. The molecule has 4 unspecified atom stereocenters. The third-order valence-electron chi connectivity index (χ3n) is 7.17. The second-order valence-electron chi connectivity index (χ2n) is 9.41. The minimum Gasteiger partial charge on any atom is -0.369 e. The summed E-state index contributed by atoms with van der Waals surface area (Å²) in [6.07, 6.45) is 7.90. The van der Waals surface area contributed by atoms with Crippen LogP contribution in [-0.4, -0.2) is 37.7 Å². The lowest BCUT2D eigenvalue weighted by molar-refractivity contribution is 0.317. The van der Waals surface area contributed by atoms with Crippen LogP contribution in [0.15, 0.2) is 61.2 Å². The number of halogens is 1. The average Bonchev–Trinajstić information content (AvgIpc) is 3.37. The van der Waals surface area contributed by atoms with Crippen molar-refractivity contribution in [1.82, 2.24) is 19.1 Å². The Balaban J connectivity index is 1.25. The van der Waals surface area contributed by atoms with Crippen molar-refractivity contribution >= 4 is 17.6 Å². The van der Waals surface area contributed by atoms with Gasteiger partial charge in [-0.15, -0.1) is 10.2 Å². The molecule has 0 bridgehead atoms. The molecule has 5 rings (SSSR count). The predicted molar refractivity (Wildman–Crippen MR) is 133 cm³/mol. The molecule has 2 saturated heterocycles. The van der Waals surface area contributed by atoms with Crippen molar-refractivity contribution in [1.29, 1.82) is 0 Å². The third-order valence-corrected chi connectivity index (χ3v) is 8.70. The maximum Gasteiger partial charge on any atom is 0.129 e. The van der Waals surface area contributed by atoms with E-state index in [1.807, 2.05) is 18.0 Å².